The smallest absolute Gasteiger partial charge is 0.359 e. The highest BCUT2D eigenvalue weighted by Crippen LogP contribution is 2.21. The van der Waals surface area contributed by atoms with Crippen molar-refractivity contribution < 1.29 is 9.15 Å². The molecule has 1 N–H and O–H groups in total. The highest BCUT2D eigenvalue weighted by atomic mass is 16.5. The number of hydrogen-bond acceptors (Lipinski definition) is 4. The molecule has 0 amide bonds. The van der Waals surface area contributed by atoms with Crippen LogP contribution in [0.2, 0.25) is 0 Å². The molecule has 0 aliphatic carbocycles. The minimum absolute atomic E-state index is 0.383. The molecule has 3 aromatic rings. The monoisotopic (exact) mass is 281 g/mol. The minimum Gasteiger partial charge on any atom is -0.497 e. The maximum absolute atomic E-state index is 12.0. The first-order valence-electron chi connectivity index (χ1n) is 6.66. The highest BCUT2D eigenvalue weighted by Gasteiger charge is 2.06. The summed E-state index contributed by atoms with van der Waals surface area (Å²) in [5, 5.41) is 3.97. The number of hydrogen-bond donors (Lipinski definition) is 1. The van der Waals surface area contributed by atoms with Crippen molar-refractivity contribution in [3.63, 3.8) is 0 Å². The standard InChI is InChI=1S/C17H15NO3/c1-20-14-8-7-13-9-15(17(19)21-16(13)10-14)18-11-12-5-3-2-4-6-12/h2-10,18H,11H2,1H3. The fourth-order valence-corrected chi connectivity index (χ4v) is 2.13. The molecule has 0 fully saturated rings. The molecular weight excluding hydrogens is 266 g/mol. The third-order valence-electron chi connectivity index (χ3n) is 3.27. The normalized spacial score (nSPS) is 10.5. The molecule has 0 saturated carbocycles. The van der Waals surface area contributed by atoms with Gasteiger partial charge in [-0.2, -0.15) is 0 Å². The average molecular weight is 281 g/mol. The summed E-state index contributed by atoms with van der Waals surface area (Å²) in [5.41, 5.74) is 1.69. The predicted octanol–water partition coefficient (Wildman–Crippen LogP) is 3.41. The van der Waals surface area contributed by atoms with E-state index in [1.807, 2.05) is 42.5 Å². The van der Waals surface area contributed by atoms with E-state index >= 15 is 0 Å². The third-order valence-corrected chi connectivity index (χ3v) is 3.27. The van der Waals surface area contributed by atoms with Gasteiger partial charge in [0.15, 0.2) is 0 Å². The third kappa shape index (κ3) is 2.89. The van der Waals surface area contributed by atoms with Gasteiger partial charge < -0.3 is 14.5 Å². The molecule has 0 unspecified atom stereocenters. The molecule has 1 heterocycles. The van der Waals surface area contributed by atoms with Gasteiger partial charge in [0.25, 0.3) is 0 Å². The zero-order valence-electron chi connectivity index (χ0n) is 11.6. The van der Waals surface area contributed by atoms with Crippen LogP contribution in [0.4, 0.5) is 5.69 Å². The average Bonchev–Trinajstić information content (AvgIpc) is 2.53. The van der Waals surface area contributed by atoms with Crippen LogP contribution in [0.1, 0.15) is 5.56 Å². The van der Waals surface area contributed by atoms with Crippen molar-refractivity contribution in [2.45, 2.75) is 6.54 Å². The largest absolute Gasteiger partial charge is 0.497 e. The summed E-state index contributed by atoms with van der Waals surface area (Å²) < 4.78 is 10.4. The quantitative estimate of drug-likeness (QED) is 0.744. The van der Waals surface area contributed by atoms with Crippen LogP contribution in [0.25, 0.3) is 11.0 Å². The molecule has 0 aliphatic rings. The topological polar surface area (TPSA) is 51.5 Å². The molecule has 2 aromatic carbocycles. The molecule has 0 spiro atoms. The van der Waals surface area contributed by atoms with E-state index in [9.17, 15) is 4.79 Å². The van der Waals surface area contributed by atoms with Gasteiger partial charge in [-0.25, -0.2) is 4.79 Å². The Morgan fingerprint density at radius 2 is 1.90 bits per heavy atom. The van der Waals surface area contributed by atoms with E-state index in [2.05, 4.69) is 5.32 Å². The van der Waals surface area contributed by atoms with Crippen molar-refractivity contribution in [3.8, 4) is 5.75 Å². The first-order chi connectivity index (χ1) is 10.3. The molecule has 21 heavy (non-hydrogen) atoms. The van der Waals surface area contributed by atoms with Crippen LogP contribution >= 0.6 is 0 Å². The lowest BCUT2D eigenvalue weighted by atomic mass is 10.2. The molecule has 0 saturated heterocycles. The van der Waals surface area contributed by atoms with Gasteiger partial charge in [0.05, 0.1) is 7.11 Å². The Kier molecular flexibility index (Phi) is 3.60. The van der Waals surface area contributed by atoms with Crippen LogP contribution in [0.15, 0.2) is 63.8 Å². The highest BCUT2D eigenvalue weighted by molar-refractivity contribution is 5.80. The summed E-state index contributed by atoms with van der Waals surface area (Å²) in [6, 6.07) is 17.1. The molecule has 1 aromatic heterocycles. The number of methoxy groups -OCH3 is 1. The van der Waals surface area contributed by atoms with E-state index in [-0.39, 0.29) is 5.63 Å². The zero-order chi connectivity index (χ0) is 14.7. The van der Waals surface area contributed by atoms with E-state index < -0.39 is 0 Å². The lowest BCUT2D eigenvalue weighted by molar-refractivity contribution is 0.414. The van der Waals surface area contributed by atoms with Crippen molar-refractivity contribution in [1.29, 1.82) is 0 Å². The number of nitrogens with one attached hydrogen (secondary N) is 1. The van der Waals surface area contributed by atoms with E-state index in [0.29, 0.717) is 23.6 Å². The molecule has 0 aliphatic heterocycles. The number of anilines is 1. The summed E-state index contributed by atoms with van der Waals surface area (Å²) >= 11 is 0. The van der Waals surface area contributed by atoms with Gasteiger partial charge in [0.2, 0.25) is 0 Å². The van der Waals surface area contributed by atoms with E-state index in [1.54, 1.807) is 19.2 Å². The maximum atomic E-state index is 12.0. The van der Waals surface area contributed by atoms with Gasteiger partial charge in [-0.15, -0.1) is 0 Å². The number of fused-ring (bicyclic) bond motifs is 1. The Balaban J connectivity index is 1.89. The van der Waals surface area contributed by atoms with Crippen molar-refractivity contribution in [3.05, 3.63) is 70.6 Å². The van der Waals surface area contributed by atoms with Crippen molar-refractivity contribution >= 4 is 16.7 Å². The summed E-state index contributed by atoms with van der Waals surface area (Å²) in [6.45, 7) is 0.577. The Labute approximate surface area is 122 Å². The Morgan fingerprint density at radius 1 is 1.10 bits per heavy atom. The van der Waals surface area contributed by atoms with E-state index in [0.717, 1.165) is 10.9 Å². The second-order valence-electron chi connectivity index (χ2n) is 4.69. The Bertz CT molecular complexity index is 809. The van der Waals surface area contributed by atoms with Gasteiger partial charge in [0, 0.05) is 18.0 Å². The zero-order valence-corrected chi connectivity index (χ0v) is 11.6. The van der Waals surface area contributed by atoms with Gasteiger partial charge in [-0.1, -0.05) is 30.3 Å². The predicted molar refractivity (Wildman–Crippen MR) is 82.8 cm³/mol. The van der Waals surface area contributed by atoms with Crippen molar-refractivity contribution in [1.82, 2.24) is 0 Å². The summed E-state index contributed by atoms with van der Waals surface area (Å²) in [4.78, 5) is 12.0. The molecule has 106 valence electrons. The second kappa shape index (κ2) is 5.71. The van der Waals surface area contributed by atoms with Gasteiger partial charge in [-0.3, -0.25) is 0 Å². The van der Waals surface area contributed by atoms with Crippen LogP contribution < -0.4 is 15.7 Å². The summed E-state index contributed by atoms with van der Waals surface area (Å²) in [5.74, 6) is 0.663. The first kappa shape index (κ1) is 13.2. The summed E-state index contributed by atoms with van der Waals surface area (Å²) in [7, 11) is 1.58. The van der Waals surface area contributed by atoms with Crippen molar-refractivity contribution in [2.24, 2.45) is 0 Å². The van der Waals surface area contributed by atoms with Gasteiger partial charge in [0.1, 0.15) is 17.0 Å². The summed E-state index contributed by atoms with van der Waals surface area (Å²) in [6.07, 6.45) is 0. The molecule has 0 atom stereocenters. The Morgan fingerprint density at radius 3 is 2.67 bits per heavy atom. The Hall–Kier alpha value is -2.75. The van der Waals surface area contributed by atoms with Gasteiger partial charge in [-0.05, 0) is 23.8 Å². The maximum Gasteiger partial charge on any atom is 0.359 e. The van der Waals surface area contributed by atoms with Crippen LogP contribution in [-0.2, 0) is 6.54 Å². The lowest BCUT2D eigenvalue weighted by Crippen LogP contribution is -2.10. The van der Waals surface area contributed by atoms with Crippen molar-refractivity contribution in [2.75, 3.05) is 12.4 Å². The number of ether oxygens (including phenoxy) is 1. The van der Waals surface area contributed by atoms with E-state index in [4.69, 9.17) is 9.15 Å². The minimum atomic E-state index is -0.383. The number of rotatable bonds is 4. The van der Waals surface area contributed by atoms with Crippen LogP contribution in [-0.4, -0.2) is 7.11 Å². The van der Waals surface area contributed by atoms with Crippen LogP contribution in [0.3, 0.4) is 0 Å². The van der Waals surface area contributed by atoms with E-state index in [1.165, 1.54) is 0 Å². The molecule has 3 rings (SSSR count). The molecule has 0 bridgehead atoms. The van der Waals surface area contributed by atoms with Gasteiger partial charge >= 0.3 is 5.63 Å². The fraction of sp³-hybridized carbons (Fsp3) is 0.118. The second-order valence-corrected chi connectivity index (χ2v) is 4.69. The molecule has 4 nitrogen and oxygen atoms in total. The lowest BCUT2D eigenvalue weighted by Gasteiger charge is -2.07. The fourth-order valence-electron chi connectivity index (χ4n) is 2.13. The molecule has 0 radical (unpaired) electrons. The number of benzene rings is 2. The van der Waals surface area contributed by atoms with Crippen LogP contribution in [0.5, 0.6) is 5.75 Å². The first-order valence-corrected chi connectivity index (χ1v) is 6.66. The van der Waals surface area contributed by atoms with Crippen LogP contribution in [0, 0.1) is 0 Å². The molecular formula is C17H15NO3. The molecule has 4 heteroatoms. The SMILES string of the molecule is COc1ccc2cc(NCc3ccccc3)c(=O)oc2c1.